The quantitative estimate of drug-likeness (QED) is 0.539. The van der Waals surface area contributed by atoms with Gasteiger partial charge in [0.2, 0.25) is 17.5 Å². The predicted molar refractivity (Wildman–Crippen MR) is 132 cm³/mol. The van der Waals surface area contributed by atoms with Crippen LogP contribution in [0.4, 0.5) is 5.88 Å². The van der Waals surface area contributed by atoms with Crippen molar-refractivity contribution >= 4 is 17.9 Å². The van der Waals surface area contributed by atoms with Crippen molar-refractivity contribution in [3.8, 4) is 17.7 Å². The minimum atomic E-state index is 0.00813. The van der Waals surface area contributed by atoms with Crippen LogP contribution in [-0.4, -0.2) is 66.5 Å². The van der Waals surface area contributed by atoms with E-state index in [0.717, 1.165) is 45.6 Å². The molecule has 0 unspecified atom stereocenters. The van der Waals surface area contributed by atoms with Crippen molar-refractivity contribution in [3.63, 3.8) is 0 Å². The molecule has 5 rings (SSSR count). The lowest BCUT2D eigenvalue weighted by atomic mass is 9.95. The standard InChI is InChI=1S/C27H29N5O3/c28-20-23-27(35-25(29-23)24-9-5-19-34-24)32-13-10-22(11-14-32)26(33)31-17-15-30(16-18-31)12-4-8-21-6-2-1-3-7-21/h1-9,19,22H,10-18H2/b8-4+. The fourth-order valence-corrected chi connectivity index (χ4v) is 4.75. The average molecular weight is 472 g/mol. The highest BCUT2D eigenvalue weighted by molar-refractivity contribution is 5.79. The zero-order valence-electron chi connectivity index (χ0n) is 19.7. The first-order valence-electron chi connectivity index (χ1n) is 12.1. The largest absolute Gasteiger partial charge is 0.459 e. The first kappa shape index (κ1) is 22.9. The molecule has 4 heterocycles. The molecule has 8 nitrogen and oxygen atoms in total. The number of carbonyl (C=O) groups excluding carboxylic acids is 1. The summed E-state index contributed by atoms with van der Waals surface area (Å²) >= 11 is 0. The van der Waals surface area contributed by atoms with Crippen molar-refractivity contribution in [1.29, 1.82) is 5.26 Å². The summed E-state index contributed by atoms with van der Waals surface area (Å²) in [5.41, 5.74) is 1.45. The Labute approximate surface area is 205 Å². The van der Waals surface area contributed by atoms with E-state index in [4.69, 9.17) is 8.83 Å². The van der Waals surface area contributed by atoms with Gasteiger partial charge >= 0.3 is 0 Å². The number of benzene rings is 1. The van der Waals surface area contributed by atoms with E-state index < -0.39 is 0 Å². The van der Waals surface area contributed by atoms with Gasteiger partial charge in [-0.2, -0.15) is 10.2 Å². The third kappa shape index (κ3) is 5.31. The van der Waals surface area contributed by atoms with Crippen LogP contribution >= 0.6 is 0 Å². The third-order valence-corrected chi connectivity index (χ3v) is 6.74. The van der Waals surface area contributed by atoms with Crippen molar-refractivity contribution in [2.24, 2.45) is 5.92 Å². The molecule has 0 saturated carbocycles. The molecule has 0 radical (unpaired) electrons. The molecule has 0 aliphatic carbocycles. The molecule has 0 atom stereocenters. The molecule has 180 valence electrons. The Balaban J connectivity index is 1.10. The summed E-state index contributed by atoms with van der Waals surface area (Å²) in [6.45, 7) is 5.53. The molecule has 2 aromatic heterocycles. The van der Waals surface area contributed by atoms with E-state index in [1.54, 1.807) is 18.4 Å². The second-order valence-electron chi connectivity index (χ2n) is 8.96. The number of nitriles is 1. The number of hydrogen-bond acceptors (Lipinski definition) is 7. The zero-order valence-corrected chi connectivity index (χ0v) is 19.7. The normalized spacial score (nSPS) is 17.7. The number of piperazine rings is 1. The Morgan fingerprint density at radius 3 is 2.51 bits per heavy atom. The lowest BCUT2D eigenvalue weighted by Crippen LogP contribution is -2.51. The summed E-state index contributed by atoms with van der Waals surface area (Å²) in [5, 5.41) is 9.51. The Kier molecular flexibility index (Phi) is 6.96. The minimum Gasteiger partial charge on any atom is -0.459 e. The van der Waals surface area contributed by atoms with Crippen LogP contribution in [0.2, 0.25) is 0 Å². The maximum atomic E-state index is 13.2. The molecule has 0 bridgehead atoms. The Hall–Kier alpha value is -3.83. The molecule has 2 aliphatic heterocycles. The van der Waals surface area contributed by atoms with E-state index in [-0.39, 0.29) is 17.5 Å². The second-order valence-corrected chi connectivity index (χ2v) is 8.96. The average Bonchev–Trinajstić information content (AvgIpc) is 3.60. The van der Waals surface area contributed by atoms with E-state index in [1.165, 1.54) is 5.56 Å². The summed E-state index contributed by atoms with van der Waals surface area (Å²) in [6.07, 6.45) is 7.36. The number of anilines is 1. The lowest BCUT2D eigenvalue weighted by molar-refractivity contribution is -0.137. The van der Waals surface area contributed by atoms with Crippen molar-refractivity contribution in [2.75, 3.05) is 50.7 Å². The number of rotatable bonds is 6. The van der Waals surface area contributed by atoms with Crippen LogP contribution in [0.3, 0.4) is 0 Å². The predicted octanol–water partition coefficient (Wildman–Crippen LogP) is 3.88. The third-order valence-electron chi connectivity index (χ3n) is 6.74. The summed E-state index contributed by atoms with van der Waals surface area (Å²) in [4.78, 5) is 23.8. The van der Waals surface area contributed by atoms with Gasteiger partial charge in [0, 0.05) is 51.7 Å². The molecule has 0 spiro atoms. The summed E-state index contributed by atoms with van der Waals surface area (Å²) < 4.78 is 11.2. The first-order valence-corrected chi connectivity index (χ1v) is 12.1. The van der Waals surface area contributed by atoms with Crippen LogP contribution in [-0.2, 0) is 4.79 Å². The molecular formula is C27H29N5O3. The maximum absolute atomic E-state index is 13.2. The van der Waals surface area contributed by atoms with Gasteiger partial charge in [-0.1, -0.05) is 42.5 Å². The van der Waals surface area contributed by atoms with Crippen molar-refractivity contribution < 1.29 is 13.6 Å². The number of nitrogens with zero attached hydrogens (tertiary/aromatic N) is 5. The highest BCUT2D eigenvalue weighted by Crippen LogP contribution is 2.31. The van der Waals surface area contributed by atoms with E-state index in [9.17, 15) is 10.1 Å². The number of oxazole rings is 1. The highest BCUT2D eigenvalue weighted by atomic mass is 16.4. The Morgan fingerprint density at radius 2 is 1.83 bits per heavy atom. The number of aromatic nitrogens is 1. The van der Waals surface area contributed by atoms with Crippen molar-refractivity contribution in [1.82, 2.24) is 14.8 Å². The van der Waals surface area contributed by atoms with Crippen LogP contribution in [0.15, 0.2) is 63.6 Å². The monoisotopic (exact) mass is 471 g/mol. The van der Waals surface area contributed by atoms with E-state index in [0.29, 0.717) is 30.6 Å². The molecule has 2 aliphatic rings. The zero-order chi connectivity index (χ0) is 24.0. The van der Waals surface area contributed by atoms with Crippen LogP contribution < -0.4 is 4.90 Å². The number of piperidine rings is 1. The molecule has 3 aromatic rings. The fourth-order valence-electron chi connectivity index (χ4n) is 4.75. The topological polar surface area (TPSA) is 89.8 Å². The van der Waals surface area contributed by atoms with Gasteiger partial charge in [-0.3, -0.25) is 9.69 Å². The molecule has 1 amide bonds. The van der Waals surface area contributed by atoms with Crippen LogP contribution in [0.25, 0.3) is 17.7 Å². The van der Waals surface area contributed by atoms with Gasteiger partial charge in [0.25, 0.3) is 5.89 Å². The molecule has 8 heteroatoms. The Bertz CT molecular complexity index is 1180. The minimum absolute atomic E-state index is 0.00813. The van der Waals surface area contributed by atoms with Crippen LogP contribution in [0.1, 0.15) is 24.1 Å². The SMILES string of the molecule is N#Cc1nc(-c2ccco2)oc1N1CCC(C(=O)N2CCN(C/C=C/c3ccccc3)CC2)CC1. The van der Waals surface area contributed by atoms with Crippen molar-refractivity contribution in [2.45, 2.75) is 12.8 Å². The molecule has 1 aromatic carbocycles. The maximum Gasteiger partial charge on any atom is 0.266 e. The number of hydrogen-bond donors (Lipinski definition) is 0. The van der Waals surface area contributed by atoms with E-state index in [1.807, 2.05) is 28.0 Å². The molecule has 0 N–H and O–H groups in total. The molecular weight excluding hydrogens is 442 g/mol. The van der Waals surface area contributed by atoms with Gasteiger partial charge in [0.15, 0.2) is 5.76 Å². The Morgan fingerprint density at radius 1 is 1.06 bits per heavy atom. The summed E-state index contributed by atoms with van der Waals surface area (Å²) in [5.74, 6) is 1.51. The number of carbonyl (C=O) groups is 1. The van der Waals surface area contributed by atoms with Crippen molar-refractivity contribution in [3.05, 3.63) is 66.1 Å². The van der Waals surface area contributed by atoms with Gasteiger partial charge in [0.1, 0.15) is 6.07 Å². The second kappa shape index (κ2) is 10.6. The van der Waals surface area contributed by atoms with Gasteiger partial charge < -0.3 is 18.6 Å². The summed E-state index contributed by atoms with van der Waals surface area (Å²) in [7, 11) is 0. The van der Waals surface area contributed by atoms with Gasteiger partial charge in [-0.15, -0.1) is 0 Å². The number of amides is 1. The van der Waals surface area contributed by atoms with E-state index in [2.05, 4.69) is 40.2 Å². The highest BCUT2D eigenvalue weighted by Gasteiger charge is 2.32. The molecule has 2 fully saturated rings. The smallest absolute Gasteiger partial charge is 0.266 e. The number of furan rings is 1. The van der Waals surface area contributed by atoms with Gasteiger partial charge in [-0.25, -0.2) is 0 Å². The van der Waals surface area contributed by atoms with E-state index >= 15 is 0 Å². The van der Waals surface area contributed by atoms with Crippen LogP contribution in [0.5, 0.6) is 0 Å². The lowest BCUT2D eigenvalue weighted by Gasteiger charge is -2.38. The van der Waals surface area contributed by atoms with Crippen LogP contribution in [0, 0.1) is 17.2 Å². The molecule has 2 saturated heterocycles. The molecule has 35 heavy (non-hydrogen) atoms. The summed E-state index contributed by atoms with van der Waals surface area (Å²) in [6, 6.07) is 15.9. The fraction of sp³-hybridized carbons (Fsp3) is 0.370. The van der Waals surface area contributed by atoms with Gasteiger partial charge in [0.05, 0.1) is 6.26 Å². The van der Waals surface area contributed by atoms with Gasteiger partial charge in [-0.05, 0) is 30.5 Å². The first-order chi connectivity index (χ1) is 17.2.